The minimum absolute atomic E-state index is 0.103. The lowest BCUT2D eigenvalue weighted by Crippen LogP contribution is -2.17. The van der Waals surface area contributed by atoms with Gasteiger partial charge in [-0.1, -0.05) is 24.3 Å². The third-order valence-corrected chi connectivity index (χ3v) is 2.96. The fourth-order valence-corrected chi connectivity index (χ4v) is 2.17. The number of carbonyl (C=O) groups is 1. The highest BCUT2D eigenvalue weighted by molar-refractivity contribution is 5.71. The van der Waals surface area contributed by atoms with Crippen molar-refractivity contribution in [1.29, 1.82) is 0 Å². The predicted molar refractivity (Wildman–Crippen MR) is 55.5 cm³/mol. The van der Waals surface area contributed by atoms with Gasteiger partial charge in [-0.3, -0.25) is 4.79 Å². The Labute approximate surface area is 88.7 Å². The van der Waals surface area contributed by atoms with Gasteiger partial charge in [0.15, 0.2) is 0 Å². The van der Waals surface area contributed by atoms with Crippen molar-refractivity contribution in [1.82, 2.24) is 0 Å². The van der Waals surface area contributed by atoms with Crippen LogP contribution in [0.4, 0.5) is 0 Å². The summed E-state index contributed by atoms with van der Waals surface area (Å²) in [5, 5.41) is 9.85. The molecule has 0 fully saturated rings. The zero-order valence-corrected chi connectivity index (χ0v) is 8.64. The summed E-state index contributed by atoms with van der Waals surface area (Å²) in [5.41, 5.74) is 2.22. The first-order chi connectivity index (χ1) is 7.22. The van der Waals surface area contributed by atoms with Gasteiger partial charge in [0.05, 0.1) is 19.6 Å². The van der Waals surface area contributed by atoms with E-state index < -0.39 is 6.10 Å². The molecule has 1 aromatic rings. The molecule has 0 aromatic heterocycles. The Balaban J connectivity index is 2.22. The molecule has 0 saturated carbocycles. The van der Waals surface area contributed by atoms with Crippen LogP contribution in [0.2, 0.25) is 0 Å². The van der Waals surface area contributed by atoms with Crippen molar-refractivity contribution in [2.24, 2.45) is 0 Å². The maximum atomic E-state index is 11.2. The number of hydrogen-bond donors (Lipinski definition) is 1. The Morgan fingerprint density at radius 1 is 1.53 bits per heavy atom. The molecule has 2 atom stereocenters. The van der Waals surface area contributed by atoms with Gasteiger partial charge in [0.25, 0.3) is 0 Å². The number of aliphatic hydroxyl groups is 1. The molecule has 0 radical (unpaired) electrons. The SMILES string of the molecule is COC(=O)CC1c2ccccc2CC1O. The van der Waals surface area contributed by atoms with Crippen LogP contribution in [0, 0.1) is 0 Å². The van der Waals surface area contributed by atoms with Crippen molar-refractivity contribution >= 4 is 5.97 Å². The molecule has 1 aliphatic carbocycles. The van der Waals surface area contributed by atoms with Crippen molar-refractivity contribution in [2.45, 2.75) is 24.9 Å². The molecular formula is C12H14O3. The topological polar surface area (TPSA) is 46.5 Å². The molecule has 0 spiro atoms. The fraction of sp³-hybridized carbons (Fsp3) is 0.417. The maximum Gasteiger partial charge on any atom is 0.306 e. The van der Waals surface area contributed by atoms with Crippen LogP contribution in [0.25, 0.3) is 0 Å². The molecule has 80 valence electrons. The molecule has 3 nitrogen and oxygen atoms in total. The van der Waals surface area contributed by atoms with Gasteiger partial charge in [-0.2, -0.15) is 0 Å². The standard InChI is InChI=1S/C12H14O3/c1-15-12(14)7-10-9-5-3-2-4-8(9)6-11(10)13/h2-5,10-11,13H,6-7H2,1H3. The zero-order valence-electron chi connectivity index (χ0n) is 8.64. The lowest BCUT2D eigenvalue weighted by atomic mass is 9.96. The summed E-state index contributed by atoms with van der Waals surface area (Å²) >= 11 is 0. The minimum atomic E-state index is -0.457. The zero-order chi connectivity index (χ0) is 10.8. The highest BCUT2D eigenvalue weighted by Gasteiger charge is 2.32. The van der Waals surface area contributed by atoms with E-state index in [1.54, 1.807) is 0 Å². The second-order valence-electron chi connectivity index (χ2n) is 3.86. The van der Waals surface area contributed by atoms with E-state index in [-0.39, 0.29) is 18.3 Å². The quantitative estimate of drug-likeness (QED) is 0.741. The predicted octanol–water partition coefficient (Wildman–Crippen LogP) is 1.25. The van der Waals surface area contributed by atoms with Crippen LogP contribution in [0.1, 0.15) is 23.5 Å². The van der Waals surface area contributed by atoms with Crippen molar-refractivity contribution in [2.75, 3.05) is 7.11 Å². The van der Waals surface area contributed by atoms with E-state index in [2.05, 4.69) is 4.74 Å². The van der Waals surface area contributed by atoms with E-state index >= 15 is 0 Å². The summed E-state index contributed by atoms with van der Waals surface area (Å²) in [5.74, 6) is -0.371. The van der Waals surface area contributed by atoms with Crippen LogP contribution in [0.3, 0.4) is 0 Å². The van der Waals surface area contributed by atoms with Gasteiger partial charge in [0, 0.05) is 5.92 Å². The molecule has 0 saturated heterocycles. The Morgan fingerprint density at radius 3 is 3.00 bits per heavy atom. The highest BCUT2D eigenvalue weighted by Crippen LogP contribution is 2.35. The average molecular weight is 206 g/mol. The Hall–Kier alpha value is -1.35. The third kappa shape index (κ3) is 1.88. The summed E-state index contributed by atoms with van der Waals surface area (Å²) in [7, 11) is 1.37. The Morgan fingerprint density at radius 2 is 2.27 bits per heavy atom. The first-order valence-electron chi connectivity index (χ1n) is 5.05. The van der Waals surface area contributed by atoms with Gasteiger partial charge in [-0.05, 0) is 17.5 Å². The number of fused-ring (bicyclic) bond motifs is 1. The molecule has 1 aliphatic rings. The van der Waals surface area contributed by atoms with Crippen molar-refractivity contribution in [3.63, 3.8) is 0 Å². The molecule has 1 aromatic carbocycles. The molecule has 15 heavy (non-hydrogen) atoms. The number of esters is 1. The molecule has 3 heteroatoms. The monoisotopic (exact) mass is 206 g/mol. The number of aliphatic hydroxyl groups excluding tert-OH is 1. The van der Waals surface area contributed by atoms with E-state index in [1.165, 1.54) is 7.11 Å². The third-order valence-electron chi connectivity index (χ3n) is 2.96. The van der Waals surface area contributed by atoms with E-state index in [1.807, 2.05) is 24.3 Å². The summed E-state index contributed by atoms with van der Waals surface area (Å²) in [6.07, 6.45) is 0.438. The number of hydrogen-bond acceptors (Lipinski definition) is 3. The first kappa shape index (κ1) is 10.2. The largest absolute Gasteiger partial charge is 0.469 e. The molecule has 2 unspecified atom stereocenters. The average Bonchev–Trinajstić information content (AvgIpc) is 2.55. The van der Waals surface area contributed by atoms with Gasteiger partial charge >= 0.3 is 5.97 Å². The van der Waals surface area contributed by atoms with Crippen LogP contribution < -0.4 is 0 Å². The van der Waals surface area contributed by atoms with Crippen LogP contribution >= 0.6 is 0 Å². The second-order valence-corrected chi connectivity index (χ2v) is 3.86. The molecule has 0 aliphatic heterocycles. The molecule has 1 N–H and O–H groups in total. The van der Waals surface area contributed by atoms with Gasteiger partial charge in [-0.15, -0.1) is 0 Å². The van der Waals surface area contributed by atoms with Gasteiger partial charge in [-0.25, -0.2) is 0 Å². The Bertz CT molecular complexity index is 373. The summed E-state index contributed by atoms with van der Waals surface area (Å²) < 4.78 is 4.63. The number of benzene rings is 1. The molecule has 2 rings (SSSR count). The van der Waals surface area contributed by atoms with Crippen LogP contribution in [-0.2, 0) is 16.0 Å². The van der Waals surface area contributed by atoms with E-state index in [0.717, 1.165) is 11.1 Å². The molecule has 0 bridgehead atoms. The normalized spacial score (nSPS) is 23.6. The van der Waals surface area contributed by atoms with Crippen LogP contribution in [-0.4, -0.2) is 24.3 Å². The minimum Gasteiger partial charge on any atom is -0.469 e. The first-order valence-corrected chi connectivity index (χ1v) is 5.05. The summed E-state index contributed by atoms with van der Waals surface area (Å²) in [6, 6.07) is 7.85. The van der Waals surface area contributed by atoms with Gasteiger partial charge < -0.3 is 9.84 Å². The summed E-state index contributed by atoms with van der Waals surface area (Å²) in [6.45, 7) is 0. The van der Waals surface area contributed by atoms with Crippen LogP contribution in [0.15, 0.2) is 24.3 Å². The van der Waals surface area contributed by atoms with E-state index in [9.17, 15) is 9.90 Å². The molecule has 0 heterocycles. The summed E-state index contributed by atoms with van der Waals surface area (Å²) in [4.78, 5) is 11.2. The number of rotatable bonds is 2. The van der Waals surface area contributed by atoms with Gasteiger partial charge in [0.2, 0.25) is 0 Å². The smallest absolute Gasteiger partial charge is 0.306 e. The Kier molecular flexibility index (Phi) is 2.73. The lowest BCUT2D eigenvalue weighted by Gasteiger charge is -2.13. The maximum absolute atomic E-state index is 11.2. The lowest BCUT2D eigenvalue weighted by molar-refractivity contribution is -0.141. The van der Waals surface area contributed by atoms with Crippen LogP contribution in [0.5, 0.6) is 0 Å². The second kappa shape index (κ2) is 4.03. The molecular weight excluding hydrogens is 192 g/mol. The van der Waals surface area contributed by atoms with E-state index in [0.29, 0.717) is 6.42 Å². The van der Waals surface area contributed by atoms with Crippen molar-refractivity contribution in [3.8, 4) is 0 Å². The number of carbonyl (C=O) groups excluding carboxylic acids is 1. The van der Waals surface area contributed by atoms with Crippen molar-refractivity contribution in [3.05, 3.63) is 35.4 Å². The van der Waals surface area contributed by atoms with Crippen molar-refractivity contribution < 1.29 is 14.6 Å². The number of methoxy groups -OCH3 is 1. The number of ether oxygens (including phenoxy) is 1. The van der Waals surface area contributed by atoms with Gasteiger partial charge in [0.1, 0.15) is 0 Å². The fourth-order valence-electron chi connectivity index (χ4n) is 2.17. The highest BCUT2D eigenvalue weighted by atomic mass is 16.5. The van der Waals surface area contributed by atoms with E-state index in [4.69, 9.17) is 0 Å². The molecule has 0 amide bonds.